The standard InChI is InChI=1S/C11H13N3O2/c1-3-16-11-5-4-8(2)6-9(11)10(15)7-13-14-12/h4-6H,3,7H2,1-2H3. The van der Waals surface area contributed by atoms with Gasteiger partial charge in [-0.15, -0.1) is 0 Å². The summed E-state index contributed by atoms with van der Waals surface area (Å²) in [6, 6.07) is 5.36. The lowest BCUT2D eigenvalue weighted by molar-refractivity contribution is 0.0998. The Labute approximate surface area is 93.7 Å². The van der Waals surface area contributed by atoms with E-state index in [0.717, 1.165) is 5.56 Å². The number of aryl methyl sites for hydroxylation is 1. The molecule has 0 radical (unpaired) electrons. The largest absolute Gasteiger partial charge is 0.493 e. The monoisotopic (exact) mass is 219 g/mol. The van der Waals surface area contributed by atoms with E-state index in [0.29, 0.717) is 17.9 Å². The van der Waals surface area contributed by atoms with Crippen LogP contribution in [0.4, 0.5) is 0 Å². The fourth-order valence-electron chi connectivity index (χ4n) is 1.32. The minimum Gasteiger partial charge on any atom is -0.493 e. The van der Waals surface area contributed by atoms with Crippen molar-refractivity contribution in [2.75, 3.05) is 13.2 Å². The Balaban J connectivity index is 3.03. The van der Waals surface area contributed by atoms with E-state index in [1.807, 2.05) is 19.9 Å². The Morgan fingerprint density at radius 3 is 2.94 bits per heavy atom. The lowest BCUT2D eigenvalue weighted by Gasteiger charge is -2.09. The molecule has 0 aliphatic rings. The molecule has 0 aliphatic heterocycles. The first kappa shape index (κ1) is 12.1. The molecular weight excluding hydrogens is 206 g/mol. The van der Waals surface area contributed by atoms with Crippen LogP contribution in [0.25, 0.3) is 10.4 Å². The molecule has 0 aromatic heterocycles. The summed E-state index contributed by atoms with van der Waals surface area (Å²) in [5.41, 5.74) is 9.60. The van der Waals surface area contributed by atoms with E-state index < -0.39 is 0 Å². The molecule has 0 atom stereocenters. The minimum absolute atomic E-state index is 0.181. The van der Waals surface area contributed by atoms with Crippen LogP contribution in [0.5, 0.6) is 5.75 Å². The SMILES string of the molecule is CCOc1ccc(C)cc1C(=O)CN=[N+]=[N-]. The summed E-state index contributed by atoms with van der Waals surface area (Å²) in [5, 5.41) is 3.25. The van der Waals surface area contributed by atoms with Crippen LogP contribution in [-0.2, 0) is 0 Å². The fraction of sp³-hybridized carbons (Fsp3) is 0.364. The van der Waals surface area contributed by atoms with Gasteiger partial charge in [-0.25, -0.2) is 0 Å². The number of ketones is 1. The molecule has 1 rings (SSSR count). The molecule has 5 heteroatoms. The predicted octanol–water partition coefficient (Wildman–Crippen LogP) is 2.89. The van der Waals surface area contributed by atoms with Crippen LogP contribution in [0.2, 0.25) is 0 Å². The van der Waals surface area contributed by atoms with Crippen LogP contribution in [0.1, 0.15) is 22.8 Å². The fourth-order valence-corrected chi connectivity index (χ4v) is 1.32. The number of nitrogens with zero attached hydrogens (tertiary/aromatic N) is 3. The zero-order valence-electron chi connectivity index (χ0n) is 9.30. The van der Waals surface area contributed by atoms with Crippen LogP contribution in [0, 0.1) is 6.92 Å². The molecule has 16 heavy (non-hydrogen) atoms. The Morgan fingerprint density at radius 2 is 2.31 bits per heavy atom. The first-order valence-electron chi connectivity index (χ1n) is 4.96. The van der Waals surface area contributed by atoms with Crippen molar-refractivity contribution in [3.05, 3.63) is 39.8 Å². The third kappa shape index (κ3) is 3.00. The van der Waals surface area contributed by atoms with Gasteiger partial charge in [0.25, 0.3) is 0 Å². The van der Waals surface area contributed by atoms with Crippen molar-refractivity contribution in [3.8, 4) is 5.75 Å². The van der Waals surface area contributed by atoms with Crippen LogP contribution < -0.4 is 4.74 Å². The first-order valence-corrected chi connectivity index (χ1v) is 4.96. The van der Waals surface area contributed by atoms with Gasteiger partial charge < -0.3 is 4.74 Å². The Kier molecular flexibility index (Phi) is 4.36. The van der Waals surface area contributed by atoms with Crippen molar-refractivity contribution in [1.29, 1.82) is 0 Å². The molecule has 0 spiro atoms. The van der Waals surface area contributed by atoms with E-state index in [4.69, 9.17) is 10.3 Å². The number of rotatable bonds is 5. The molecular formula is C11H13N3O2. The van der Waals surface area contributed by atoms with Crippen LogP contribution in [0.15, 0.2) is 23.3 Å². The molecule has 0 amide bonds. The van der Waals surface area contributed by atoms with Crippen LogP contribution in [0.3, 0.4) is 0 Å². The lowest BCUT2D eigenvalue weighted by Crippen LogP contribution is -2.07. The van der Waals surface area contributed by atoms with Crippen LogP contribution >= 0.6 is 0 Å². The van der Waals surface area contributed by atoms with Gasteiger partial charge in [-0.3, -0.25) is 4.79 Å². The Hall–Kier alpha value is -2.00. The van der Waals surface area contributed by atoms with Gasteiger partial charge in [-0.1, -0.05) is 16.7 Å². The molecule has 1 aromatic carbocycles. The molecule has 0 bridgehead atoms. The molecule has 0 heterocycles. The maximum Gasteiger partial charge on any atom is 0.172 e. The van der Waals surface area contributed by atoms with Crippen molar-refractivity contribution in [2.45, 2.75) is 13.8 Å². The molecule has 0 aliphatic carbocycles. The van der Waals surface area contributed by atoms with E-state index in [-0.39, 0.29) is 12.3 Å². The number of benzene rings is 1. The summed E-state index contributed by atoms with van der Waals surface area (Å²) in [6.45, 7) is 4.05. The van der Waals surface area contributed by atoms with Gasteiger partial charge >= 0.3 is 0 Å². The van der Waals surface area contributed by atoms with Crippen molar-refractivity contribution >= 4 is 5.78 Å². The number of Topliss-reactive ketones (excluding diaryl/α,β-unsaturated/α-hetero) is 1. The number of hydrogen-bond donors (Lipinski definition) is 0. The third-order valence-corrected chi connectivity index (χ3v) is 2.01. The number of carbonyl (C=O) groups is 1. The summed E-state index contributed by atoms with van der Waals surface area (Å²) < 4.78 is 5.34. The highest BCUT2D eigenvalue weighted by Crippen LogP contribution is 2.20. The lowest BCUT2D eigenvalue weighted by atomic mass is 10.1. The molecule has 0 saturated carbocycles. The van der Waals surface area contributed by atoms with Crippen molar-refractivity contribution < 1.29 is 9.53 Å². The third-order valence-electron chi connectivity index (χ3n) is 2.01. The van der Waals surface area contributed by atoms with Crippen molar-refractivity contribution in [2.24, 2.45) is 5.11 Å². The zero-order valence-corrected chi connectivity index (χ0v) is 9.30. The molecule has 5 nitrogen and oxygen atoms in total. The van der Waals surface area contributed by atoms with Gasteiger partial charge in [-0.2, -0.15) is 0 Å². The molecule has 0 saturated heterocycles. The molecule has 0 unspecified atom stereocenters. The van der Waals surface area contributed by atoms with Gasteiger partial charge in [0.1, 0.15) is 5.75 Å². The number of carbonyl (C=O) groups excluding carboxylic acids is 1. The van der Waals surface area contributed by atoms with E-state index >= 15 is 0 Å². The maximum atomic E-state index is 11.7. The van der Waals surface area contributed by atoms with Gasteiger partial charge in [0.05, 0.1) is 18.7 Å². The highest BCUT2D eigenvalue weighted by atomic mass is 16.5. The van der Waals surface area contributed by atoms with Crippen molar-refractivity contribution in [1.82, 2.24) is 0 Å². The zero-order chi connectivity index (χ0) is 12.0. The van der Waals surface area contributed by atoms with Gasteiger partial charge in [-0.05, 0) is 31.5 Å². The first-order chi connectivity index (χ1) is 7.69. The topological polar surface area (TPSA) is 75.1 Å². The minimum atomic E-state index is -0.232. The highest BCUT2D eigenvalue weighted by molar-refractivity contribution is 6.00. The maximum absolute atomic E-state index is 11.7. The second-order valence-corrected chi connectivity index (χ2v) is 3.24. The predicted molar refractivity (Wildman–Crippen MR) is 60.7 cm³/mol. The van der Waals surface area contributed by atoms with Crippen LogP contribution in [-0.4, -0.2) is 18.9 Å². The van der Waals surface area contributed by atoms with Gasteiger partial charge in [0.2, 0.25) is 0 Å². The normalized spacial score (nSPS) is 9.38. The summed E-state index contributed by atoms with van der Waals surface area (Å²) in [5.74, 6) is 0.302. The van der Waals surface area contributed by atoms with E-state index in [2.05, 4.69) is 10.0 Å². The van der Waals surface area contributed by atoms with E-state index in [1.165, 1.54) is 0 Å². The molecule has 0 N–H and O–H groups in total. The number of hydrogen-bond acceptors (Lipinski definition) is 3. The second-order valence-electron chi connectivity index (χ2n) is 3.24. The summed E-state index contributed by atoms with van der Waals surface area (Å²) in [7, 11) is 0. The molecule has 0 fully saturated rings. The number of ether oxygens (including phenoxy) is 1. The summed E-state index contributed by atoms with van der Waals surface area (Å²) in [4.78, 5) is 14.3. The summed E-state index contributed by atoms with van der Waals surface area (Å²) in [6.07, 6.45) is 0. The average Bonchev–Trinajstić information content (AvgIpc) is 2.28. The van der Waals surface area contributed by atoms with Gasteiger partial charge in [0.15, 0.2) is 5.78 Å². The van der Waals surface area contributed by atoms with E-state index in [9.17, 15) is 4.79 Å². The Morgan fingerprint density at radius 1 is 1.56 bits per heavy atom. The van der Waals surface area contributed by atoms with Crippen molar-refractivity contribution in [3.63, 3.8) is 0 Å². The molecule has 84 valence electrons. The van der Waals surface area contributed by atoms with Gasteiger partial charge in [0, 0.05) is 4.91 Å². The summed E-state index contributed by atoms with van der Waals surface area (Å²) >= 11 is 0. The average molecular weight is 219 g/mol. The van der Waals surface area contributed by atoms with E-state index in [1.54, 1.807) is 12.1 Å². The number of azide groups is 1. The second kappa shape index (κ2) is 5.78. The molecule has 1 aromatic rings. The quantitative estimate of drug-likeness (QED) is 0.330. The highest BCUT2D eigenvalue weighted by Gasteiger charge is 2.11. The Bertz CT molecular complexity index is 437. The smallest absolute Gasteiger partial charge is 0.172 e.